The first-order valence-electron chi connectivity index (χ1n) is 11.6. The summed E-state index contributed by atoms with van der Waals surface area (Å²) in [5.41, 5.74) is 1.01. The molecule has 9 heteroatoms. The van der Waals surface area contributed by atoms with Crippen molar-refractivity contribution in [2.24, 2.45) is 0 Å². The second kappa shape index (κ2) is 9.50. The molecule has 3 aromatic rings. The summed E-state index contributed by atoms with van der Waals surface area (Å²) in [6, 6.07) is 13.2. The fourth-order valence-electron chi connectivity index (χ4n) is 5.11. The first-order valence-corrected chi connectivity index (χ1v) is 12.0. The van der Waals surface area contributed by atoms with Gasteiger partial charge in [0.25, 0.3) is 0 Å². The van der Waals surface area contributed by atoms with Gasteiger partial charge in [-0.05, 0) is 67.5 Å². The number of nitrogens with zero attached hydrogens (tertiary/aromatic N) is 2. The molecule has 2 aromatic heterocycles. The van der Waals surface area contributed by atoms with Gasteiger partial charge in [0, 0.05) is 17.8 Å². The van der Waals surface area contributed by atoms with E-state index < -0.39 is 11.9 Å². The van der Waals surface area contributed by atoms with Gasteiger partial charge in [0.1, 0.15) is 17.6 Å². The minimum atomic E-state index is -1.20. The van der Waals surface area contributed by atoms with Gasteiger partial charge in [-0.15, -0.1) is 0 Å². The summed E-state index contributed by atoms with van der Waals surface area (Å²) in [4.78, 5) is 29.9. The molecular formula is C26H25N3O5S. The molecule has 0 spiro atoms. The number of rotatable bonds is 6. The van der Waals surface area contributed by atoms with Crippen LogP contribution in [0.3, 0.4) is 0 Å². The summed E-state index contributed by atoms with van der Waals surface area (Å²) in [6.45, 7) is 0. The number of aromatic carboxylic acids is 2. The van der Waals surface area contributed by atoms with E-state index in [-0.39, 0.29) is 29.3 Å². The number of aromatic nitrogens is 1. The number of furan rings is 1. The normalized spacial score (nSPS) is 20.6. The molecule has 5 rings (SSSR count). The summed E-state index contributed by atoms with van der Waals surface area (Å²) in [5, 5.41) is 23.0. The lowest BCUT2D eigenvalue weighted by atomic mass is 9.92. The molecule has 2 fully saturated rings. The number of thiocarbonyl (C=S) groups is 1. The van der Waals surface area contributed by atoms with Crippen LogP contribution in [-0.4, -0.2) is 43.2 Å². The number of pyridine rings is 1. The van der Waals surface area contributed by atoms with E-state index in [1.165, 1.54) is 18.6 Å². The average Bonchev–Trinajstić information content (AvgIpc) is 3.49. The van der Waals surface area contributed by atoms with Crippen molar-refractivity contribution in [1.29, 1.82) is 0 Å². The van der Waals surface area contributed by atoms with Crippen LogP contribution in [0.15, 0.2) is 59.1 Å². The summed E-state index contributed by atoms with van der Waals surface area (Å²) in [7, 11) is 0. The molecule has 1 aromatic carbocycles. The lowest BCUT2D eigenvalue weighted by Gasteiger charge is -2.36. The highest BCUT2D eigenvalue weighted by Gasteiger charge is 2.44. The van der Waals surface area contributed by atoms with Crippen molar-refractivity contribution in [3.8, 4) is 11.3 Å². The molecule has 1 saturated heterocycles. The highest BCUT2D eigenvalue weighted by Crippen LogP contribution is 2.43. The van der Waals surface area contributed by atoms with Crippen molar-refractivity contribution in [2.75, 3.05) is 0 Å². The Bertz CT molecular complexity index is 1240. The molecule has 1 aliphatic carbocycles. The van der Waals surface area contributed by atoms with Crippen LogP contribution in [0.25, 0.3) is 11.3 Å². The standard InChI is InChI=1S/C26H25N3O5S/c30-24(31)16-12-15(13-17(14-16)25(32)33)20-9-10-21(34-20)23-22(19-8-4-5-11-27-19)28-26(35)29(23)18-6-2-1-3-7-18/h4-5,8-14,18,22-23H,1-3,6-7H2,(H,28,35)(H,30,31)(H,32,33)/t22-,23+/m1/s1. The Hall–Kier alpha value is -3.72. The zero-order chi connectivity index (χ0) is 24.5. The van der Waals surface area contributed by atoms with Crippen LogP contribution in [-0.2, 0) is 0 Å². The molecule has 1 saturated carbocycles. The summed E-state index contributed by atoms with van der Waals surface area (Å²) < 4.78 is 6.29. The minimum Gasteiger partial charge on any atom is -0.478 e. The summed E-state index contributed by atoms with van der Waals surface area (Å²) >= 11 is 5.78. The van der Waals surface area contributed by atoms with Gasteiger partial charge in [0.2, 0.25) is 0 Å². The zero-order valence-electron chi connectivity index (χ0n) is 18.9. The maximum atomic E-state index is 11.6. The Kier molecular flexibility index (Phi) is 6.25. The number of nitrogens with one attached hydrogen (secondary N) is 1. The second-order valence-electron chi connectivity index (χ2n) is 8.94. The molecule has 3 heterocycles. The van der Waals surface area contributed by atoms with E-state index in [9.17, 15) is 19.8 Å². The highest BCUT2D eigenvalue weighted by atomic mass is 32.1. The molecule has 1 aliphatic heterocycles. The average molecular weight is 492 g/mol. The van der Waals surface area contributed by atoms with Crippen LogP contribution < -0.4 is 5.32 Å². The zero-order valence-corrected chi connectivity index (χ0v) is 19.7. The fraction of sp³-hybridized carbons (Fsp3) is 0.308. The van der Waals surface area contributed by atoms with Crippen molar-refractivity contribution in [1.82, 2.24) is 15.2 Å². The molecule has 180 valence electrons. The van der Waals surface area contributed by atoms with Crippen LogP contribution >= 0.6 is 12.2 Å². The largest absolute Gasteiger partial charge is 0.478 e. The number of hydrogen-bond donors (Lipinski definition) is 3. The lowest BCUT2D eigenvalue weighted by Crippen LogP contribution is -2.40. The Labute approximate surface area is 207 Å². The van der Waals surface area contributed by atoms with Gasteiger partial charge >= 0.3 is 11.9 Å². The minimum absolute atomic E-state index is 0.114. The van der Waals surface area contributed by atoms with Gasteiger partial charge in [-0.1, -0.05) is 25.3 Å². The smallest absolute Gasteiger partial charge is 0.335 e. The number of carbonyl (C=O) groups is 2. The molecule has 8 nitrogen and oxygen atoms in total. The van der Waals surface area contributed by atoms with Crippen LogP contribution in [0.2, 0.25) is 0 Å². The molecule has 2 aliphatic rings. The summed E-state index contributed by atoms with van der Waals surface area (Å²) in [6.07, 6.45) is 7.35. The molecule has 0 unspecified atom stereocenters. The monoisotopic (exact) mass is 491 g/mol. The fourth-order valence-corrected chi connectivity index (χ4v) is 5.50. The van der Waals surface area contributed by atoms with Crippen molar-refractivity contribution >= 4 is 29.3 Å². The third kappa shape index (κ3) is 4.51. The van der Waals surface area contributed by atoms with Gasteiger partial charge in [-0.3, -0.25) is 4.98 Å². The molecular weight excluding hydrogens is 466 g/mol. The van der Waals surface area contributed by atoms with E-state index in [0.717, 1.165) is 37.4 Å². The molecule has 0 radical (unpaired) electrons. The van der Waals surface area contributed by atoms with E-state index in [0.29, 0.717) is 22.2 Å². The van der Waals surface area contributed by atoms with Gasteiger partial charge in [-0.25, -0.2) is 9.59 Å². The Morgan fingerprint density at radius 1 is 1.00 bits per heavy atom. The quantitative estimate of drug-likeness (QED) is 0.408. The van der Waals surface area contributed by atoms with Crippen LogP contribution in [0.5, 0.6) is 0 Å². The predicted molar refractivity (Wildman–Crippen MR) is 132 cm³/mol. The number of benzene rings is 1. The Balaban J connectivity index is 1.56. The first-order chi connectivity index (χ1) is 16.9. The van der Waals surface area contributed by atoms with Crippen molar-refractivity contribution in [3.63, 3.8) is 0 Å². The molecule has 0 bridgehead atoms. The van der Waals surface area contributed by atoms with Crippen LogP contribution in [0, 0.1) is 0 Å². The molecule has 2 atom stereocenters. The highest BCUT2D eigenvalue weighted by molar-refractivity contribution is 7.80. The van der Waals surface area contributed by atoms with Crippen molar-refractivity contribution in [3.05, 3.63) is 77.3 Å². The first kappa shape index (κ1) is 23.0. The van der Waals surface area contributed by atoms with E-state index in [2.05, 4.69) is 15.2 Å². The van der Waals surface area contributed by atoms with E-state index in [1.54, 1.807) is 12.3 Å². The Morgan fingerprint density at radius 2 is 1.71 bits per heavy atom. The van der Waals surface area contributed by atoms with Gasteiger partial charge in [-0.2, -0.15) is 0 Å². The van der Waals surface area contributed by atoms with Crippen LogP contribution in [0.4, 0.5) is 0 Å². The predicted octanol–water partition coefficient (Wildman–Crippen LogP) is 5.04. The van der Waals surface area contributed by atoms with Gasteiger partial charge < -0.3 is 24.8 Å². The molecule has 3 N–H and O–H groups in total. The van der Waals surface area contributed by atoms with E-state index >= 15 is 0 Å². The lowest BCUT2D eigenvalue weighted by molar-refractivity contribution is 0.0696. The molecule has 0 amide bonds. The van der Waals surface area contributed by atoms with Gasteiger partial charge in [0.05, 0.1) is 22.9 Å². The number of carboxylic acids is 2. The molecule has 35 heavy (non-hydrogen) atoms. The third-order valence-electron chi connectivity index (χ3n) is 6.73. The number of hydrogen-bond acceptors (Lipinski definition) is 5. The second-order valence-corrected chi connectivity index (χ2v) is 9.32. The van der Waals surface area contributed by atoms with Crippen molar-refractivity contribution in [2.45, 2.75) is 50.2 Å². The van der Waals surface area contributed by atoms with E-state index in [4.69, 9.17) is 16.6 Å². The van der Waals surface area contributed by atoms with Crippen molar-refractivity contribution < 1.29 is 24.2 Å². The summed E-state index contributed by atoms with van der Waals surface area (Å²) in [5.74, 6) is -1.35. The topological polar surface area (TPSA) is 116 Å². The van der Waals surface area contributed by atoms with Crippen LogP contribution in [0.1, 0.15) is 76.4 Å². The maximum Gasteiger partial charge on any atom is 0.335 e. The number of carboxylic acid groups (broad SMARTS) is 2. The Morgan fingerprint density at radius 3 is 2.34 bits per heavy atom. The van der Waals surface area contributed by atoms with E-state index in [1.807, 2.05) is 24.3 Å². The van der Waals surface area contributed by atoms with Gasteiger partial charge in [0.15, 0.2) is 5.11 Å². The third-order valence-corrected chi connectivity index (χ3v) is 7.06. The maximum absolute atomic E-state index is 11.6. The SMILES string of the molecule is O=C(O)c1cc(C(=O)O)cc(-c2ccc([C@H]3[C@@H](c4ccccn4)NC(=S)N3C3CCCCC3)o2)c1.